The fourth-order valence-corrected chi connectivity index (χ4v) is 6.24. The van der Waals surface area contributed by atoms with Gasteiger partial charge in [-0.05, 0) is 65.8 Å². The van der Waals surface area contributed by atoms with Gasteiger partial charge in [0.15, 0.2) is 0 Å². The molecule has 0 aromatic rings. The van der Waals surface area contributed by atoms with Crippen LogP contribution in [0.25, 0.3) is 0 Å². The summed E-state index contributed by atoms with van der Waals surface area (Å²) in [5.74, 6) is 1.16. The van der Waals surface area contributed by atoms with Crippen LogP contribution in [-0.2, 0) is 19.1 Å². The first kappa shape index (κ1) is 33.3. The lowest BCUT2D eigenvalue weighted by Crippen LogP contribution is -2.44. The first-order valence-corrected chi connectivity index (χ1v) is 16.0. The van der Waals surface area contributed by atoms with Gasteiger partial charge in [-0.1, -0.05) is 77.6 Å². The zero-order chi connectivity index (χ0) is 26.7. The second kappa shape index (κ2) is 20.2. The van der Waals surface area contributed by atoms with Crippen LogP contribution in [0.5, 0.6) is 0 Å². The van der Waals surface area contributed by atoms with E-state index in [1.54, 1.807) is 0 Å². The molecule has 0 bridgehead atoms. The predicted molar refractivity (Wildman–Crippen MR) is 154 cm³/mol. The van der Waals surface area contributed by atoms with Crippen molar-refractivity contribution in [3.8, 4) is 0 Å². The lowest BCUT2D eigenvalue weighted by molar-refractivity contribution is -0.155. The van der Waals surface area contributed by atoms with Crippen molar-refractivity contribution in [2.45, 2.75) is 141 Å². The molecule has 0 radical (unpaired) electrons. The van der Waals surface area contributed by atoms with E-state index in [0.717, 1.165) is 63.8 Å². The quantitative estimate of drug-likeness (QED) is 0.119. The van der Waals surface area contributed by atoms with E-state index in [1.165, 1.54) is 51.4 Å². The van der Waals surface area contributed by atoms with Crippen molar-refractivity contribution < 1.29 is 19.1 Å². The summed E-state index contributed by atoms with van der Waals surface area (Å²) in [6, 6.07) is 0. The van der Waals surface area contributed by atoms with Crippen LogP contribution in [0.1, 0.15) is 130 Å². The zero-order valence-electron chi connectivity index (χ0n) is 24.3. The van der Waals surface area contributed by atoms with Gasteiger partial charge in [0, 0.05) is 18.2 Å². The average molecular weight is 528 g/mol. The third-order valence-corrected chi connectivity index (χ3v) is 8.26. The van der Waals surface area contributed by atoms with Gasteiger partial charge in [0.05, 0.1) is 12.5 Å². The van der Waals surface area contributed by atoms with Crippen LogP contribution in [0.4, 0.5) is 0 Å². The van der Waals surface area contributed by atoms with Gasteiger partial charge in [-0.25, -0.2) is 0 Å². The Morgan fingerprint density at radius 3 is 2.08 bits per heavy atom. The third kappa shape index (κ3) is 17.7. The van der Waals surface area contributed by atoms with Gasteiger partial charge >= 0.3 is 11.9 Å². The highest BCUT2D eigenvalue weighted by Crippen LogP contribution is 2.30. The smallest absolute Gasteiger partial charge is 0.310 e. The summed E-state index contributed by atoms with van der Waals surface area (Å²) in [7, 11) is 2.17. The number of hydrogen-bond donors (Lipinski definition) is 0. The van der Waals surface area contributed by atoms with Crippen molar-refractivity contribution in [3.63, 3.8) is 0 Å². The van der Waals surface area contributed by atoms with E-state index in [2.05, 4.69) is 18.9 Å². The number of carbonyl (C=O) groups excluding carboxylic acids is 2. The largest absolute Gasteiger partial charge is 0.465 e. The fourth-order valence-electron chi connectivity index (χ4n) is 4.73. The number of thioether (sulfide) groups is 1. The summed E-state index contributed by atoms with van der Waals surface area (Å²) in [6.45, 7) is 10.5. The fraction of sp³-hybridized carbons (Fsp3) is 0.933. The average Bonchev–Trinajstić information content (AvgIpc) is 2.80. The van der Waals surface area contributed by atoms with Crippen molar-refractivity contribution in [3.05, 3.63) is 0 Å². The molecule has 1 saturated heterocycles. The Morgan fingerprint density at radius 1 is 0.861 bits per heavy atom. The number of carbonyl (C=O) groups is 2. The van der Waals surface area contributed by atoms with Crippen molar-refractivity contribution in [2.75, 3.05) is 32.5 Å². The molecule has 0 aromatic carbocycles. The molecular weight excluding hydrogens is 470 g/mol. The zero-order valence-corrected chi connectivity index (χ0v) is 25.1. The number of esters is 2. The first-order chi connectivity index (χ1) is 17.2. The van der Waals surface area contributed by atoms with Gasteiger partial charge in [-0.2, -0.15) is 11.8 Å². The van der Waals surface area contributed by atoms with E-state index in [9.17, 15) is 9.59 Å². The van der Waals surface area contributed by atoms with E-state index >= 15 is 0 Å². The van der Waals surface area contributed by atoms with Crippen LogP contribution in [0, 0.1) is 5.92 Å². The SMILES string of the molecule is CCCCCCCCCSC1CN(C)CCC1C(=O)OCCCCCCCCCC(=O)OC(C)(C)C. The second-order valence-corrected chi connectivity index (χ2v) is 13.0. The Labute approximate surface area is 227 Å². The molecule has 2 unspecified atom stereocenters. The molecule has 212 valence electrons. The number of piperidine rings is 1. The van der Waals surface area contributed by atoms with E-state index in [0.29, 0.717) is 18.3 Å². The summed E-state index contributed by atoms with van der Waals surface area (Å²) in [4.78, 5) is 26.9. The molecule has 6 heteroatoms. The predicted octanol–water partition coefficient (Wildman–Crippen LogP) is 7.80. The van der Waals surface area contributed by atoms with E-state index < -0.39 is 0 Å². The summed E-state index contributed by atoms with van der Waals surface area (Å²) in [6.07, 6.45) is 18.3. The highest BCUT2D eigenvalue weighted by molar-refractivity contribution is 7.99. The number of likely N-dealkylation sites (tertiary alicyclic amines) is 1. The van der Waals surface area contributed by atoms with Crippen LogP contribution in [0.2, 0.25) is 0 Å². The second-order valence-electron chi connectivity index (χ2n) is 11.7. The topological polar surface area (TPSA) is 55.8 Å². The van der Waals surface area contributed by atoms with Crippen molar-refractivity contribution in [2.24, 2.45) is 5.92 Å². The van der Waals surface area contributed by atoms with Gasteiger partial charge in [0.2, 0.25) is 0 Å². The summed E-state index contributed by atoms with van der Waals surface area (Å²) in [5, 5.41) is 0.372. The molecule has 5 nitrogen and oxygen atoms in total. The van der Waals surface area contributed by atoms with Crippen molar-refractivity contribution >= 4 is 23.7 Å². The van der Waals surface area contributed by atoms with Crippen LogP contribution in [-0.4, -0.2) is 60.2 Å². The molecular formula is C30H57NO4S. The monoisotopic (exact) mass is 527 g/mol. The molecule has 0 spiro atoms. The number of nitrogens with zero attached hydrogens (tertiary/aromatic N) is 1. The van der Waals surface area contributed by atoms with E-state index in [4.69, 9.17) is 9.47 Å². The van der Waals surface area contributed by atoms with Crippen LogP contribution >= 0.6 is 11.8 Å². The molecule has 2 atom stereocenters. The minimum absolute atomic E-state index is 0.0299. The third-order valence-electron chi connectivity index (χ3n) is 6.83. The molecule has 0 N–H and O–H groups in total. The molecule has 1 fully saturated rings. The Balaban J connectivity index is 2.09. The van der Waals surface area contributed by atoms with Crippen LogP contribution in [0.15, 0.2) is 0 Å². The molecule has 1 rings (SSSR count). The first-order valence-electron chi connectivity index (χ1n) is 14.9. The molecule has 36 heavy (non-hydrogen) atoms. The highest BCUT2D eigenvalue weighted by Gasteiger charge is 2.34. The number of rotatable bonds is 20. The molecule has 1 aliphatic heterocycles. The van der Waals surface area contributed by atoms with Crippen LogP contribution < -0.4 is 0 Å². The maximum absolute atomic E-state index is 12.8. The molecule has 0 aromatic heterocycles. The standard InChI is InChI=1S/C30H57NO4S/c1-6-7-8-9-13-16-19-24-36-27-25-31(5)22-21-26(27)29(33)34-23-18-15-12-10-11-14-17-20-28(32)35-30(2,3)4/h26-27H,6-25H2,1-5H3. The van der Waals surface area contributed by atoms with E-state index in [-0.39, 0.29) is 23.5 Å². The number of unbranched alkanes of at least 4 members (excludes halogenated alkanes) is 12. The van der Waals surface area contributed by atoms with Gasteiger partial charge in [-0.3, -0.25) is 9.59 Å². The lowest BCUT2D eigenvalue weighted by Gasteiger charge is -2.35. The van der Waals surface area contributed by atoms with Gasteiger partial charge in [-0.15, -0.1) is 0 Å². The molecule has 1 aliphatic rings. The van der Waals surface area contributed by atoms with Crippen molar-refractivity contribution in [1.82, 2.24) is 4.90 Å². The normalized spacial score (nSPS) is 18.8. The molecule has 0 amide bonds. The Bertz CT molecular complexity index is 578. The minimum Gasteiger partial charge on any atom is -0.465 e. The van der Waals surface area contributed by atoms with Crippen LogP contribution in [0.3, 0.4) is 0 Å². The Kier molecular flexibility index (Phi) is 18.7. The Hall–Kier alpha value is -0.750. The lowest BCUT2D eigenvalue weighted by atomic mass is 9.97. The van der Waals surface area contributed by atoms with Crippen molar-refractivity contribution in [1.29, 1.82) is 0 Å². The number of ether oxygens (including phenoxy) is 2. The molecule has 0 saturated carbocycles. The van der Waals surface area contributed by atoms with Gasteiger partial charge in [0.25, 0.3) is 0 Å². The minimum atomic E-state index is -0.388. The molecule has 1 heterocycles. The summed E-state index contributed by atoms with van der Waals surface area (Å²) >= 11 is 2.00. The van der Waals surface area contributed by atoms with E-state index in [1.807, 2.05) is 32.5 Å². The highest BCUT2D eigenvalue weighted by atomic mass is 32.2. The number of hydrogen-bond acceptors (Lipinski definition) is 6. The maximum atomic E-state index is 12.8. The van der Waals surface area contributed by atoms with Gasteiger partial charge in [0.1, 0.15) is 5.60 Å². The summed E-state index contributed by atoms with van der Waals surface area (Å²) < 4.78 is 11.1. The van der Waals surface area contributed by atoms with Gasteiger partial charge < -0.3 is 14.4 Å². The summed E-state index contributed by atoms with van der Waals surface area (Å²) in [5.41, 5.74) is -0.388. The molecule has 0 aliphatic carbocycles. The maximum Gasteiger partial charge on any atom is 0.310 e. The Morgan fingerprint density at radius 2 is 1.44 bits per heavy atom.